The van der Waals surface area contributed by atoms with Crippen LogP contribution in [0.25, 0.3) is 11.2 Å². The summed E-state index contributed by atoms with van der Waals surface area (Å²) < 4.78 is 3.40. The molecule has 3 heterocycles. The predicted molar refractivity (Wildman–Crippen MR) is 65.5 cm³/mol. The first-order chi connectivity index (χ1) is 8.25. The van der Waals surface area contributed by atoms with Crippen LogP contribution in [0.4, 0.5) is 0 Å². The summed E-state index contributed by atoms with van der Waals surface area (Å²) in [6.07, 6.45) is 7.17. The zero-order valence-corrected chi connectivity index (χ0v) is 9.37. The smallest absolute Gasteiger partial charge is 0.279 e. The summed E-state index contributed by atoms with van der Waals surface area (Å²) in [5.41, 5.74) is 2.34. The molecule has 0 aliphatic carbocycles. The summed E-state index contributed by atoms with van der Waals surface area (Å²) in [5.74, 6) is 0. The Morgan fingerprint density at radius 1 is 1.12 bits per heavy atom. The molecule has 0 radical (unpaired) electrons. The van der Waals surface area contributed by atoms with E-state index in [1.54, 1.807) is 27.4 Å². The molecule has 0 aliphatic heterocycles. The molecule has 0 saturated heterocycles. The number of aromatic nitrogens is 3. The summed E-state index contributed by atoms with van der Waals surface area (Å²) in [7, 11) is 0. The Balaban J connectivity index is 2.27. The van der Waals surface area contributed by atoms with Gasteiger partial charge in [0.15, 0.2) is 0 Å². The van der Waals surface area contributed by atoms with Crippen LogP contribution in [-0.2, 0) is 0 Å². The van der Waals surface area contributed by atoms with E-state index in [9.17, 15) is 4.79 Å². The fraction of sp³-hybridized carbons (Fsp3) is 0.0769. The zero-order chi connectivity index (χ0) is 11.8. The van der Waals surface area contributed by atoms with Gasteiger partial charge in [0.25, 0.3) is 5.56 Å². The molecule has 0 unspecified atom stereocenters. The minimum atomic E-state index is -0.0387. The SMILES string of the molecule is Cc1ccc(-n2ccn3cccc3c2=O)cn1. The number of aryl methyl sites for hydroxylation is 1. The molecule has 0 saturated carbocycles. The summed E-state index contributed by atoms with van der Waals surface area (Å²) in [6, 6.07) is 7.45. The summed E-state index contributed by atoms with van der Waals surface area (Å²) in [6.45, 7) is 1.92. The third-order valence-corrected chi connectivity index (χ3v) is 2.77. The van der Waals surface area contributed by atoms with E-state index in [2.05, 4.69) is 4.98 Å². The van der Waals surface area contributed by atoms with E-state index in [1.807, 2.05) is 37.5 Å². The monoisotopic (exact) mass is 225 g/mol. The van der Waals surface area contributed by atoms with Crippen molar-refractivity contribution in [2.45, 2.75) is 6.92 Å². The molecule has 3 aromatic rings. The van der Waals surface area contributed by atoms with Crippen molar-refractivity contribution >= 4 is 5.52 Å². The Morgan fingerprint density at radius 2 is 2.00 bits per heavy atom. The van der Waals surface area contributed by atoms with Crippen LogP contribution < -0.4 is 5.56 Å². The van der Waals surface area contributed by atoms with Gasteiger partial charge in [-0.3, -0.25) is 14.3 Å². The molecule has 17 heavy (non-hydrogen) atoms. The molecule has 4 nitrogen and oxygen atoms in total. The Labute approximate surface area is 97.8 Å². The van der Waals surface area contributed by atoms with Crippen LogP contribution in [0.5, 0.6) is 0 Å². The first kappa shape index (κ1) is 9.84. The maximum atomic E-state index is 12.2. The van der Waals surface area contributed by atoms with Crippen molar-refractivity contribution in [2.24, 2.45) is 0 Å². The Kier molecular flexibility index (Phi) is 2.08. The van der Waals surface area contributed by atoms with Crippen LogP contribution in [0.2, 0.25) is 0 Å². The second kappa shape index (κ2) is 3.59. The van der Waals surface area contributed by atoms with Crippen molar-refractivity contribution in [2.75, 3.05) is 0 Å². The lowest BCUT2D eigenvalue weighted by Crippen LogP contribution is -2.19. The minimum absolute atomic E-state index is 0.0387. The van der Waals surface area contributed by atoms with Gasteiger partial charge in [0.1, 0.15) is 5.52 Å². The number of nitrogens with zero attached hydrogens (tertiary/aromatic N) is 3. The van der Waals surface area contributed by atoms with E-state index in [1.165, 1.54) is 0 Å². The summed E-state index contributed by atoms with van der Waals surface area (Å²) in [5, 5.41) is 0. The molecular weight excluding hydrogens is 214 g/mol. The predicted octanol–water partition coefficient (Wildman–Crippen LogP) is 1.79. The van der Waals surface area contributed by atoms with E-state index in [-0.39, 0.29) is 5.56 Å². The quantitative estimate of drug-likeness (QED) is 0.633. The normalized spacial score (nSPS) is 10.9. The van der Waals surface area contributed by atoms with Gasteiger partial charge in [0.2, 0.25) is 0 Å². The number of rotatable bonds is 1. The molecule has 0 amide bonds. The first-order valence-electron chi connectivity index (χ1n) is 5.37. The van der Waals surface area contributed by atoms with Crippen LogP contribution in [-0.4, -0.2) is 14.0 Å². The average Bonchev–Trinajstić information content (AvgIpc) is 2.80. The maximum absolute atomic E-state index is 12.2. The van der Waals surface area contributed by atoms with Crippen LogP contribution in [0, 0.1) is 6.92 Å². The van der Waals surface area contributed by atoms with Crippen molar-refractivity contribution in [3.8, 4) is 5.69 Å². The number of hydrogen-bond donors (Lipinski definition) is 0. The van der Waals surface area contributed by atoms with E-state index in [0.717, 1.165) is 11.4 Å². The number of fused-ring (bicyclic) bond motifs is 1. The Morgan fingerprint density at radius 3 is 2.76 bits per heavy atom. The largest absolute Gasteiger partial charge is 0.318 e. The number of hydrogen-bond acceptors (Lipinski definition) is 2. The minimum Gasteiger partial charge on any atom is -0.318 e. The van der Waals surface area contributed by atoms with Gasteiger partial charge < -0.3 is 4.40 Å². The van der Waals surface area contributed by atoms with E-state index in [4.69, 9.17) is 0 Å². The highest BCUT2D eigenvalue weighted by atomic mass is 16.1. The van der Waals surface area contributed by atoms with Gasteiger partial charge >= 0.3 is 0 Å². The lowest BCUT2D eigenvalue weighted by molar-refractivity contribution is 0.946. The van der Waals surface area contributed by atoms with Crippen molar-refractivity contribution in [1.29, 1.82) is 0 Å². The summed E-state index contributed by atoms with van der Waals surface area (Å²) >= 11 is 0. The molecule has 3 rings (SSSR count). The standard InChI is InChI=1S/C13H11N3O/c1-10-4-5-11(9-14-10)16-8-7-15-6-2-3-12(15)13(16)17/h2-9H,1H3. The fourth-order valence-corrected chi connectivity index (χ4v) is 1.84. The van der Waals surface area contributed by atoms with E-state index < -0.39 is 0 Å². The fourth-order valence-electron chi connectivity index (χ4n) is 1.84. The average molecular weight is 225 g/mol. The third-order valence-electron chi connectivity index (χ3n) is 2.77. The van der Waals surface area contributed by atoms with Crippen LogP contribution in [0.1, 0.15) is 5.69 Å². The molecule has 4 heteroatoms. The van der Waals surface area contributed by atoms with Gasteiger partial charge in [-0.25, -0.2) is 0 Å². The molecule has 0 N–H and O–H groups in total. The first-order valence-corrected chi connectivity index (χ1v) is 5.37. The van der Waals surface area contributed by atoms with Gasteiger partial charge in [-0.15, -0.1) is 0 Å². The lowest BCUT2D eigenvalue weighted by atomic mass is 10.3. The molecule has 0 aliphatic rings. The van der Waals surface area contributed by atoms with Crippen LogP contribution >= 0.6 is 0 Å². The molecule has 0 spiro atoms. The second-order valence-corrected chi connectivity index (χ2v) is 3.93. The van der Waals surface area contributed by atoms with Crippen molar-refractivity contribution < 1.29 is 0 Å². The summed E-state index contributed by atoms with van der Waals surface area (Å²) in [4.78, 5) is 16.4. The van der Waals surface area contributed by atoms with Crippen LogP contribution in [0.3, 0.4) is 0 Å². The van der Waals surface area contributed by atoms with Crippen molar-refractivity contribution in [1.82, 2.24) is 14.0 Å². The topological polar surface area (TPSA) is 39.3 Å². The molecule has 0 atom stereocenters. The van der Waals surface area contributed by atoms with E-state index in [0.29, 0.717) is 5.52 Å². The molecule has 0 fully saturated rings. The zero-order valence-electron chi connectivity index (χ0n) is 9.37. The van der Waals surface area contributed by atoms with E-state index >= 15 is 0 Å². The van der Waals surface area contributed by atoms with Gasteiger partial charge in [-0.1, -0.05) is 0 Å². The second-order valence-electron chi connectivity index (χ2n) is 3.93. The molecular formula is C13H11N3O. The molecule has 3 aromatic heterocycles. The van der Waals surface area contributed by atoms with Gasteiger partial charge in [-0.05, 0) is 31.2 Å². The molecule has 0 aromatic carbocycles. The third kappa shape index (κ3) is 1.54. The molecule has 0 bridgehead atoms. The maximum Gasteiger partial charge on any atom is 0.279 e. The highest BCUT2D eigenvalue weighted by Crippen LogP contribution is 2.05. The van der Waals surface area contributed by atoms with Gasteiger partial charge in [-0.2, -0.15) is 0 Å². The lowest BCUT2D eigenvalue weighted by Gasteiger charge is -2.06. The van der Waals surface area contributed by atoms with Crippen LogP contribution in [0.15, 0.2) is 53.8 Å². The van der Waals surface area contributed by atoms with Crippen molar-refractivity contribution in [3.63, 3.8) is 0 Å². The number of pyridine rings is 1. The van der Waals surface area contributed by atoms with Gasteiger partial charge in [0.05, 0.1) is 11.9 Å². The van der Waals surface area contributed by atoms with Crippen molar-refractivity contribution in [3.05, 3.63) is 65.1 Å². The molecule has 84 valence electrons. The Bertz CT molecular complexity index is 722. The van der Waals surface area contributed by atoms with Gasteiger partial charge in [0, 0.05) is 24.3 Å². The highest BCUT2D eigenvalue weighted by Gasteiger charge is 2.03. The Hall–Kier alpha value is -2.36. The highest BCUT2D eigenvalue weighted by molar-refractivity contribution is 5.47.